The maximum Gasteiger partial charge on any atom is 3.00 e. The first-order valence-electron chi connectivity index (χ1n) is 9.01. The Morgan fingerprint density at radius 2 is 1.10 bits per heavy atom. The minimum absolute atomic E-state index is 0. The number of hydrogen-bond donors (Lipinski definition) is 2. The van der Waals surface area contributed by atoms with Crippen LogP contribution < -0.4 is 10.9 Å². The fourth-order valence-corrected chi connectivity index (χ4v) is 2.36. The molecule has 0 aliphatic heterocycles. The van der Waals surface area contributed by atoms with Gasteiger partial charge in [-0.1, -0.05) is 6.07 Å². The topological polar surface area (TPSA) is 122 Å². The summed E-state index contributed by atoms with van der Waals surface area (Å²) in [5.41, 5.74) is 8.07. The van der Waals surface area contributed by atoms with E-state index in [1.165, 1.54) is 24.8 Å². The van der Waals surface area contributed by atoms with E-state index < -0.39 is 0 Å². The first kappa shape index (κ1) is 23.5. The maximum atomic E-state index is 12.1. The Kier molecular flexibility index (Phi) is 8.68. The number of aromatic nitrogens is 3. The number of pyridine rings is 3. The normalized spacial score (nSPS) is 11.3. The maximum absolute atomic E-state index is 12.1. The summed E-state index contributed by atoms with van der Waals surface area (Å²) < 4.78 is 0. The van der Waals surface area contributed by atoms with Gasteiger partial charge in [0.2, 0.25) is 0 Å². The smallest absolute Gasteiger partial charge is 0.267 e. The zero-order chi connectivity index (χ0) is 21.3. The molecule has 0 atom stereocenters. The first-order valence-corrected chi connectivity index (χ1v) is 9.01. The van der Waals surface area contributed by atoms with E-state index in [9.17, 15) is 9.59 Å². The summed E-state index contributed by atoms with van der Waals surface area (Å²) in [7, 11) is 0. The molecule has 31 heavy (non-hydrogen) atoms. The number of hydrazone groups is 2. The van der Waals surface area contributed by atoms with Crippen molar-refractivity contribution in [3.63, 3.8) is 0 Å². The molecule has 0 bridgehead atoms. The predicted octanol–water partition coefficient (Wildman–Crippen LogP) is 2.18. The molecule has 3 rings (SSSR count). The third kappa shape index (κ3) is 6.63. The van der Waals surface area contributed by atoms with Crippen molar-refractivity contribution in [1.82, 2.24) is 25.8 Å². The van der Waals surface area contributed by atoms with Crippen LogP contribution in [0.15, 0.2) is 77.5 Å². The Hall–Kier alpha value is -3.75. The zero-order valence-electron chi connectivity index (χ0n) is 16.8. The van der Waals surface area contributed by atoms with Gasteiger partial charge >= 0.3 is 17.1 Å². The van der Waals surface area contributed by atoms with Crippen molar-refractivity contribution >= 4 is 23.2 Å². The van der Waals surface area contributed by atoms with Crippen LogP contribution in [0.5, 0.6) is 0 Å². The van der Waals surface area contributed by atoms with Gasteiger partial charge in [-0.25, -0.2) is 15.8 Å². The molecule has 0 unspecified atom stereocenters. The summed E-state index contributed by atoms with van der Waals surface area (Å²) in [6.07, 6.45) is 6.14. The van der Waals surface area contributed by atoms with Gasteiger partial charge in [-0.2, -0.15) is 10.2 Å². The summed E-state index contributed by atoms with van der Waals surface area (Å²) in [6, 6.07) is 11.7. The second-order valence-corrected chi connectivity index (χ2v) is 6.16. The Bertz CT molecular complexity index is 1020. The van der Waals surface area contributed by atoms with Gasteiger partial charge in [0.1, 0.15) is 0 Å². The monoisotopic (exact) mass is 457 g/mol. The molecule has 0 saturated heterocycles. The minimum atomic E-state index is -0.343. The molecule has 0 fully saturated rings. The van der Waals surface area contributed by atoms with Crippen molar-refractivity contribution in [2.75, 3.05) is 0 Å². The van der Waals surface area contributed by atoms with Crippen molar-refractivity contribution in [2.45, 2.75) is 13.8 Å². The second kappa shape index (κ2) is 11.4. The van der Waals surface area contributed by atoms with Crippen molar-refractivity contribution in [3.8, 4) is 0 Å². The van der Waals surface area contributed by atoms with E-state index in [1.54, 1.807) is 56.3 Å². The van der Waals surface area contributed by atoms with Crippen LogP contribution in [0, 0.1) is 0 Å². The Balaban J connectivity index is 0.00000341. The van der Waals surface area contributed by atoms with Crippen LogP contribution >= 0.6 is 0 Å². The Morgan fingerprint density at radius 1 is 0.710 bits per heavy atom. The van der Waals surface area contributed by atoms with Crippen LogP contribution in [0.1, 0.15) is 46.0 Å². The zero-order valence-corrected chi connectivity index (χ0v) is 17.9. The fourth-order valence-electron chi connectivity index (χ4n) is 2.36. The molecule has 0 aliphatic carbocycles. The summed E-state index contributed by atoms with van der Waals surface area (Å²) in [4.78, 5) is 36.4. The van der Waals surface area contributed by atoms with Crippen molar-refractivity contribution < 1.29 is 26.7 Å². The number of rotatable bonds is 6. The summed E-state index contributed by atoms with van der Waals surface area (Å²) in [5, 5.41) is 8.21. The molecule has 0 spiro atoms. The molecule has 2 N–H and O–H groups in total. The third-order valence-corrected chi connectivity index (χ3v) is 4.03. The largest absolute Gasteiger partial charge is 3.00 e. The number of nitrogens with zero attached hydrogens (tertiary/aromatic N) is 5. The summed E-state index contributed by atoms with van der Waals surface area (Å²) in [5.74, 6) is -0.686. The van der Waals surface area contributed by atoms with E-state index in [1.807, 2.05) is 0 Å². The second-order valence-electron chi connectivity index (χ2n) is 6.16. The molecule has 155 valence electrons. The fraction of sp³-hybridized carbons (Fsp3) is 0.0952. The quantitative estimate of drug-likeness (QED) is 0.334. The molecule has 10 heteroatoms. The molecular weight excluding hydrogens is 438 g/mol. The van der Waals surface area contributed by atoms with E-state index in [-0.39, 0.29) is 28.9 Å². The number of amides is 2. The van der Waals surface area contributed by atoms with Gasteiger partial charge in [0.05, 0.1) is 22.8 Å². The molecule has 0 aromatic carbocycles. The van der Waals surface area contributed by atoms with E-state index in [4.69, 9.17) is 0 Å². The van der Waals surface area contributed by atoms with Gasteiger partial charge < -0.3 is 0 Å². The molecule has 0 saturated carbocycles. The Morgan fingerprint density at radius 3 is 1.48 bits per heavy atom. The predicted molar refractivity (Wildman–Crippen MR) is 112 cm³/mol. The van der Waals surface area contributed by atoms with Crippen molar-refractivity contribution in [3.05, 3.63) is 89.8 Å². The van der Waals surface area contributed by atoms with Crippen LogP contribution in [0.4, 0.5) is 0 Å². The van der Waals surface area contributed by atoms with Crippen LogP contribution in [0.3, 0.4) is 0 Å². The molecule has 0 aliphatic rings. The van der Waals surface area contributed by atoms with Crippen molar-refractivity contribution in [1.29, 1.82) is 0 Å². The average Bonchev–Trinajstić information content (AvgIpc) is 2.81. The van der Waals surface area contributed by atoms with Gasteiger partial charge in [-0.15, -0.1) is 0 Å². The standard InChI is InChI=1S/C21H19N7O2.Fe/c1-14(25-27-20(29)16-6-10-22-11-7-16)18-4-3-5-19(24-18)15(2)26-28-21(30)17-8-12-23-13-9-17;/h3-13H,1-2H3,(H,27,29)(H,28,30);/q;+3. The van der Waals surface area contributed by atoms with Gasteiger partial charge in [-0.05, 0) is 50.2 Å². The first-order chi connectivity index (χ1) is 14.5. The van der Waals surface area contributed by atoms with E-state index in [2.05, 4.69) is 36.0 Å². The van der Waals surface area contributed by atoms with Gasteiger partial charge in [0, 0.05) is 35.9 Å². The van der Waals surface area contributed by atoms with E-state index in [0.717, 1.165) is 0 Å². The molecule has 3 aromatic rings. The van der Waals surface area contributed by atoms with E-state index >= 15 is 0 Å². The number of hydrogen-bond acceptors (Lipinski definition) is 7. The van der Waals surface area contributed by atoms with Gasteiger partial charge in [-0.3, -0.25) is 19.6 Å². The molecule has 2 amide bonds. The average molecular weight is 457 g/mol. The van der Waals surface area contributed by atoms with Crippen LogP contribution in [-0.4, -0.2) is 38.2 Å². The SMILES string of the molecule is CC(=NNC(=O)c1ccncc1)c1cccc(C(C)=NNC(=O)c2ccncc2)n1.[Fe+3]. The summed E-state index contributed by atoms with van der Waals surface area (Å²) in [6.45, 7) is 3.47. The van der Waals surface area contributed by atoms with Gasteiger partial charge in [0.15, 0.2) is 0 Å². The number of carbonyl (C=O) groups excluding carboxylic acids is 2. The third-order valence-electron chi connectivity index (χ3n) is 4.03. The van der Waals surface area contributed by atoms with Crippen LogP contribution in [0.25, 0.3) is 0 Å². The molecule has 1 radical (unpaired) electrons. The van der Waals surface area contributed by atoms with Gasteiger partial charge in [0.25, 0.3) is 11.8 Å². The molecule has 3 heterocycles. The number of nitrogens with one attached hydrogen (secondary N) is 2. The Labute approximate surface area is 189 Å². The van der Waals surface area contributed by atoms with Crippen LogP contribution in [0.2, 0.25) is 0 Å². The van der Waals surface area contributed by atoms with E-state index in [0.29, 0.717) is 33.9 Å². The van der Waals surface area contributed by atoms with Crippen LogP contribution in [-0.2, 0) is 17.1 Å². The molecular formula is C21H19FeN7O2+3. The van der Waals surface area contributed by atoms with Crippen molar-refractivity contribution in [2.24, 2.45) is 10.2 Å². The summed E-state index contributed by atoms with van der Waals surface area (Å²) >= 11 is 0. The molecule has 9 nitrogen and oxygen atoms in total. The molecule has 3 aromatic heterocycles. The minimum Gasteiger partial charge on any atom is -0.267 e. The number of carbonyl (C=O) groups is 2.